The van der Waals surface area contributed by atoms with E-state index in [-0.39, 0.29) is 5.82 Å². The topological polar surface area (TPSA) is 23.6 Å². The highest BCUT2D eigenvalue weighted by Gasteiger charge is 2.31. The van der Waals surface area contributed by atoms with E-state index >= 15 is 0 Å². The molecule has 2 saturated heterocycles. The van der Waals surface area contributed by atoms with E-state index in [1.54, 1.807) is 6.07 Å². The molecule has 1 aromatic carbocycles. The summed E-state index contributed by atoms with van der Waals surface area (Å²) in [7, 11) is 0. The van der Waals surface area contributed by atoms with Crippen LogP contribution in [0.3, 0.4) is 0 Å². The summed E-state index contributed by atoms with van der Waals surface area (Å²) in [4.78, 5) is 16.3. The largest absolute Gasteiger partial charge is 0.338 e. The molecule has 0 aromatic heterocycles. The minimum Gasteiger partial charge on any atom is -0.338 e. The van der Waals surface area contributed by atoms with Crippen LogP contribution in [0.1, 0.15) is 36.8 Å². The third kappa shape index (κ3) is 3.26. The Bertz CT molecular complexity index is 532. The normalized spacial score (nSPS) is 23.8. The zero-order valence-corrected chi connectivity index (χ0v) is 12.6. The summed E-state index contributed by atoms with van der Waals surface area (Å²) in [6.07, 6.45) is 3.92. The van der Waals surface area contributed by atoms with Gasteiger partial charge in [-0.25, -0.2) is 4.39 Å². The van der Waals surface area contributed by atoms with E-state index in [1.165, 1.54) is 6.07 Å². The van der Waals surface area contributed by atoms with Gasteiger partial charge in [-0.2, -0.15) is 0 Å². The number of hydrogen-bond acceptors (Lipinski definition) is 2. The molecule has 2 fully saturated rings. The minimum absolute atomic E-state index is 0.168. The molecular weight excluding hydrogens is 267 g/mol. The average Bonchev–Trinajstić information content (AvgIpc) is 2.89. The Hall–Kier alpha value is -1.42. The average molecular weight is 290 g/mol. The standard InChI is InChI=1S/C17H23FN2O/c1-13-6-7-15(18)10-14(13)11-19-8-2-4-16(12-19)20-9-3-5-17(20)21/h6-7,10,16H,2-5,8-9,11-12H2,1H3/t16-/m1/s1. The Kier molecular flexibility index (Phi) is 4.24. The first-order valence-electron chi connectivity index (χ1n) is 7.90. The second kappa shape index (κ2) is 6.14. The number of aryl methyl sites for hydroxylation is 1. The van der Waals surface area contributed by atoms with E-state index in [2.05, 4.69) is 9.80 Å². The lowest BCUT2D eigenvalue weighted by molar-refractivity contribution is -0.130. The predicted octanol–water partition coefficient (Wildman–Crippen LogP) is 2.72. The molecule has 0 radical (unpaired) electrons. The van der Waals surface area contributed by atoms with Gasteiger partial charge >= 0.3 is 0 Å². The molecule has 0 saturated carbocycles. The van der Waals surface area contributed by atoms with Crippen molar-refractivity contribution in [3.63, 3.8) is 0 Å². The Labute approximate surface area is 125 Å². The molecule has 0 bridgehead atoms. The van der Waals surface area contributed by atoms with Gasteiger partial charge in [0.1, 0.15) is 5.82 Å². The van der Waals surface area contributed by atoms with E-state index in [1.807, 2.05) is 13.0 Å². The van der Waals surface area contributed by atoms with Gasteiger partial charge in [0, 0.05) is 32.1 Å². The minimum atomic E-state index is -0.168. The zero-order valence-electron chi connectivity index (χ0n) is 12.6. The lowest BCUT2D eigenvalue weighted by atomic mass is 10.0. The maximum Gasteiger partial charge on any atom is 0.222 e. The van der Waals surface area contributed by atoms with Gasteiger partial charge in [-0.15, -0.1) is 0 Å². The molecule has 4 heteroatoms. The van der Waals surface area contributed by atoms with Crippen molar-refractivity contribution in [3.8, 4) is 0 Å². The SMILES string of the molecule is Cc1ccc(F)cc1CN1CCC[C@@H](N2CCCC2=O)C1. The number of carbonyl (C=O) groups excluding carboxylic acids is 1. The van der Waals surface area contributed by atoms with Crippen LogP contribution in [-0.2, 0) is 11.3 Å². The number of benzene rings is 1. The van der Waals surface area contributed by atoms with Gasteiger partial charge in [0.05, 0.1) is 0 Å². The quantitative estimate of drug-likeness (QED) is 0.854. The Morgan fingerprint density at radius 1 is 1.29 bits per heavy atom. The zero-order chi connectivity index (χ0) is 14.8. The van der Waals surface area contributed by atoms with Crippen LogP contribution in [0.15, 0.2) is 18.2 Å². The number of piperidine rings is 1. The summed E-state index contributed by atoms with van der Waals surface area (Å²) in [6.45, 7) is 5.68. The van der Waals surface area contributed by atoms with Gasteiger partial charge in [0.2, 0.25) is 5.91 Å². The van der Waals surface area contributed by atoms with Crippen molar-refractivity contribution in [3.05, 3.63) is 35.1 Å². The highest BCUT2D eigenvalue weighted by atomic mass is 19.1. The molecule has 1 atom stereocenters. The van der Waals surface area contributed by atoms with Crippen LogP contribution in [0.25, 0.3) is 0 Å². The fourth-order valence-electron chi connectivity index (χ4n) is 3.54. The molecule has 2 heterocycles. The van der Waals surface area contributed by atoms with Crippen LogP contribution in [0.2, 0.25) is 0 Å². The van der Waals surface area contributed by atoms with Gasteiger partial charge in [-0.05, 0) is 56.0 Å². The lowest BCUT2D eigenvalue weighted by Crippen LogP contribution is -2.48. The second-order valence-corrected chi connectivity index (χ2v) is 6.29. The number of likely N-dealkylation sites (tertiary alicyclic amines) is 2. The van der Waals surface area contributed by atoms with Gasteiger partial charge in [-0.3, -0.25) is 9.69 Å². The number of hydrogen-bond donors (Lipinski definition) is 0. The summed E-state index contributed by atoms with van der Waals surface area (Å²) >= 11 is 0. The van der Waals surface area contributed by atoms with Gasteiger partial charge in [-0.1, -0.05) is 6.07 Å². The van der Waals surface area contributed by atoms with Crippen LogP contribution in [0.5, 0.6) is 0 Å². The van der Waals surface area contributed by atoms with Crippen molar-refractivity contribution in [2.45, 2.75) is 45.2 Å². The molecule has 2 aliphatic heterocycles. The first-order chi connectivity index (χ1) is 10.1. The van der Waals surface area contributed by atoms with Crippen molar-refractivity contribution in [2.24, 2.45) is 0 Å². The first-order valence-corrected chi connectivity index (χ1v) is 7.90. The van der Waals surface area contributed by atoms with E-state index in [4.69, 9.17) is 0 Å². The number of nitrogens with zero attached hydrogens (tertiary/aromatic N) is 2. The number of amides is 1. The summed E-state index contributed by atoms with van der Waals surface area (Å²) in [6, 6.07) is 5.35. The Morgan fingerprint density at radius 3 is 2.90 bits per heavy atom. The van der Waals surface area contributed by atoms with E-state index in [0.717, 1.165) is 56.6 Å². The summed E-state index contributed by atoms with van der Waals surface area (Å²) < 4.78 is 13.4. The van der Waals surface area contributed by atoms with Crippen LogP contribution in [-0.4, -0.2) is 41.4 Å². The van der Waals surface area contributed by atoms with Gasteiger partial charge < -0.3 is 4.90 Å². The fourth-order valence-corrected chi connectivity index (χ4v) is 3.54. The lowest BCUT2D eigenvalue weighted by Gasteiger charge is -2.37. The third-order valence-corrected chi connectivity index (χ3v) is 4.74. The van der Waals surface area contributed by atoms with E-state index < -0.39 is 0 Å². The van der Waals surface area contributed by atoms with E-state index in [0.29, 0.717) is 18.4 Å². The molecule has 21 heavy (non-hydrogen) atoms. The maximum atomic E-state index is 13.4. The fraction of sp³-hybridized carbons (Fsp3) is 0.588. The Morgan fingerprint density at radius 2 is 2.14 bits per heavy atom. The van der Waals surface area contributed by atoms with Crippen LogP contribution in [0.4, 0.5) is 4.39 Å². The molecule has 3 nitrogen and oxygen atoms in total. The molecule has 1 aromatic rings. The molecule has 0 N–H and O–H groups in total. The summed E-state index contributed by atoms with van der Waals surface area (Å²) in [5.74, 6) is 0.141. The summed E-state index contributed by atoms with van der Waals surface area (Å²) in [5.41, 5.74) is 2.19. The molecule has 0 unspecified atom stereocenters. The van der Waals surface area contributed by atoms with Gasteiger partial charge in [0.15, 0.2) is 0 Å². The smallest absolute Gasteiger partial charge is 0.222 e. The molecule has 1 amide bonds. The van der Waals surface area contributed by atoms with Crippen molar-refractivity contribution < 1.29 is 9.18 Å². The second-order valence-electron chi connectivity index (χ2n) is 6.29. The van der Waals surface area contributed by atoms with Gasteiger partial charge in [0.25, 0.3) is 0 Å². The summed E-state index contributed by atoms with van der Waals surface area (Å²) in [5, 5.41) is 0. The number of rotatable bonds is 3. The monoisotopic (exact) mass is 290 g/mol. The van der Waals surface area contributed by atoms with Crippen molar-refractivity contribution in [1.82, 2.24) is 9.80 Å². The first kappa shape index (κ1) is 14.5. The Balaban J connectivity index is 1.66. The molecule has 114 valence electrons. The third-order valence-electron chi connectivity index (χ3n) is 4.74. The van der Waals surface area contributed by atoms with Crippen LogP contribution >= 0.6 is 0 Å². The van der Waals surface area contributed by atoms with Crippen molar-refractivity contribution in [2.75, 3.05) is 19.6 Å². The van der Waals surface area contributed by atoms with Crippen molar-refractivity contribution in [1.29, 1.82) is 0 Å². The maximum absolute atomic E-state index is 13.4. The van der Waals surface area contributed by atoms with E-state index in [9.17, 15) is 9.18 Å². The molecule has 0 aliphatic carbocycles. The highest BCUT2D eigenvalue weighted by molar-refractivity contribution is 5.78. The molecule has 2 aliphatic rings. The van der Waals surface area contributed by atoms with Crippen molar-refractivity contribution >= 4 is 5.91 Å². The molecule has 3 rings (SSSR count). The van der Waals surface area contributed by atoms with Crippen LogP contribution < -0.4 is 0 Å². The van der Waals surface area contributed by atoms with Crippen LogP contribution in [0, 0.1) is 12.7 Å². The highest BCUT2D eigenvalue weighted by Crippen LogP contribution is 2.23. The number of halogens is 1. The number of carbonyl (C=O) groups is 1. The molecule has 0 spiro atoms. The molecular formula is C17H23FN2O. The predicted molar refractivity (Wildman–Crippen MR) is 80.4 cm³/mol.